The minimum atomic E-state index is 0. The first kappa shape index (κ1) is 25.9. The van der Waals surface area contributed by atoms with Crippen LogP contribution >= 0.6 is 13.5 Å². The molecule has 0 bridgehead atoms. The van der Waals surface area contributed by atoms with E-state index in [0.29, 0.717) is 6.54 Å². The highest BCUT2D eigenvalue weighted by atomic mass is 32.1. The maximum Gasteiger partial charge on any atom is 0.251 e. The third-order valence-corrected chi connectivity index (χ3v) is 8.24. The van der Waals surface area contributed by atoms with E-state index in [2.05, 4.69) is 91.0 Å². The molecule has 2 aliphatic rings. The minimum Gasteiger partial charge on any atom is -0.352 e. The van der Waals surface area contributed by atoms with Crippen molar-refractivity contribution in [3.8, 4) is 0 Å². The lowest BCUT2D eigenvalue weighted by atomic mass is 9.63. The minimum absolute atomic E-state index is 0. The van der Waals surface area contributed by atoms with Gasteiger partial charge in [-0.15, -0.1) is 0 Å². The number of benzene rings is 2. The molecule has 2 aromatic carbocycles. The van der Waals surface area contributed by atoms with Gasteiger partial charge in [-0.2, -0.15) is 13.5 Å². The van der Waals surface area contributed by atoms with Crippen molar-refractivity contribution in [2.24, 2.45) is 0 Å². The van der Waals surface area contributed by atoms with Gasteiger partial charge in [0, 0.05) is 12.1 Å². The molecule has 180 valence electrons. The Hall–Kier alpha value is -1.74. The van der Waals surface area contributed by atoms with Gasteiger partial charge in [0.25, 0.3) is 5.91 Å². The van der Waals surface area contributed by atoms with Crippen LogP contribution in [0.5, 0.6) is 0 Å². The Morgan fingerprint density at radius 1 is 0.727 bits per heavy atom. The Morgan fingerprint density at radius 3 is 1.91 bits per heavy atom. The van der Waals surface area contributed by atoms with Crippen LogP contribution in [0.2, 0.25) is 0 Å². The highest BCUT2D eigenvalue weighted by molar-refractivity contribution is 7.59. The topological polar surface area (TPSA) is 29.1 Å². The molecule has 0 aromatic heterocycles. The average Bonchev–Trinajstić information content (AvgIpc) is 2.89. The van der Waals surface area contributed by atoms with Crippen LogP contribution in [0.3, 0.4) is 0 Å². The summed E-state index contributed by atoms with van der Waals surface area (Å²) in [6.07, 6.45) is 4.43. The number of fused-ring (bicyclic) bond motifs is 2. The van der Waals surface area contributed by atoms with Crippen molar-refractivity contribution in [2.45, 2.75) is 103 Å². The molecule has 0 saturated heterocycles. The van der Waals surface area contributed by atoms with Gasteiger partial charge < -0.3 is 5.32 Å². The molecule has 33 heavy (non-hydrogen) atoms. The van der Waals surface area contributed by atoms with Crippen molar-refractivity contribution in [1.82, 2.24) is 5.32 Å². The Morgan fingerprint density at radius 2 is 1.24 bits per heavy atom. The Balaban J connectivity index is 0.00000306. The molecule has 0 fully saturated rings. The quantitative estimate of drug-likeness (QED) is 0.513. The van der Waals surface area contributed by atoms with Gasteiger partial charge in [-0.3, -0.25) is 4.79 Å². The van der Waals surface area contributed by atoms with Crippen LogP contribution in [-0.4, -0.2) is 12.5 Å². The zero-order chi connectivity index (χ0) is 23.5. The lowest BCUT2D eigenvalue weighted by Crippen LogP contribution is -2.34. The fourth-order valence-electron chi connectivity index (χ4n) is 6.34. The van der Waals surface area contributed by atoms with Crippen LogP contribution in [0.15, 0.2) is 36.4 Å². The van der Waals surface area contributed by atoms with Crippen LogP contribution in [-0.2, 0) is 28.1 Å². The van der Waals surface area contributed by atoms with E-state index in [1.54, 1.807) is 0 Å². The van der Waals surface area contributed by atoms with Crippen molar-refractivity contribution in [3.63, 3.8) is 0 Å². The van der Waals surface area contributed by atoms with Gasteiger partial charge in [-0.05, 0) is 87.3 Å². The van der Waals surface area contributed by atoms with Crippen LogP contribution < -0.4 is 5.32 Å². The highest BCUT2D eigenvalue weighted by Crippen LogP contribution is 2.49. The maximum atomic E-state index is 12.9. The summed E-state index contributed by atoms with van der Waals surface area (Å²) < 4.78 is 0. The molecule has 0 atom stereocenters. The van der Waals surface area contributed by atoms with Gasteiger partial charge >= 0.3 is 0 Å². The van der Waals surface area contributed by atoms with E-state index in [1.165, 1.54) is 40.7 Å². The van der Waals surface area contributed by atoms with E-state index >= 15 is 0 Å². The van der Waals surface area contributed by atoms with Gasteiger partial charge in [0.2, 0.25) is 0 Å². The van der Waals surface area contributed by atoms with E-state index in [-0.39, 0.29) is 41.1 Å². The van der Waals surface area contributed by atoms with Gasteiger partial charge in [-0.1, -0.05) is 79.7 Å². The lowest BCUT2D eigenvalue weighted by Gasteiger charge is -2.42. The monoisotopic (exact) mass is 465 g/mol. The molecule has 0 heterocycles. The maximum absolute atomic E-state index is 12.9. The third-order valence-electron chi connectivity index (χ3n) is 8.24. The summed E-state index contributed by atoms with van der Waals surface area (Å²) >= 11 is 0. The summed E-state index contributed by atoms with van der Waals surface area (Å²) in [6.45, 7) is 19.3. The fraction of sp³-hybridized carbons (Fsp3) is 0.567. The predicted molar refractivity (Wildman–Crippen MR) is 145 cm³/mol. The fourth-order valence-corrected chi connectivity index (χ4v) is 6.34. The molecule has 1 amide bonds. The summed E-state index contributed by atoms with van der Waals surface area (Å²) in [5, 5.41) is 3.16. The second kappa shape index (κ2) is 8.48. The first-order valence-corrected chi connectivity index (χ1v) is 12.3. The number of amides is 1. The molecule has 2 nitrogen and oxygen atoms in total. The molecule has 0 spiro atoms. The Kier molecular flexibility index (Phi) is 6.65. The van der Waals surface area contributed by atoms with E-state index < -0.39 is 0 Å². The summed E-state index contributed by atoms with van der Waals surface area (Å²) in [5.74, 6) is 0.0349. The smallest absolute Gasteiger partial charge is 0.251 e. The van der Waals surface area contributed by atoms with Crippen molar-refractivity contribution < 1.29 is 4.79 Å². The SMILES string of the molecule is CC1(C)CCC(C)(C)c2cc(CCNC(=O)c3ccc4c(c3)C(C)(C)CC4(C)C)ccc21.S. The molecule has 4 rings (SSSR count). The molecule has 0 unspecified atom stereocenters. The summed E-state index contributed by atoms with van der Waals surface area (Å²) in [6, 6.07) is 13.3. The molecule has 1 N–H and O–H groups in total. The number of rotatable bonds is 4. The van der Waals surface area contributed by atoms with Crippen molar-refractivity contribution in [3.05, 3.63) is 69.8 Å². The summed E-state index contributed by atoms with van der Waals surface area (Å²) in [7, 11) is 0. The van der Waals surface area contributed by atoms with Gasteiger partial charge in [-0.25, -0.2) is 0 Å². The van der Waals surface area contributed by atoms with Gasteiger partial charge in [0.1, 0.15) is 0 Å². The van der Waals surface area contributed by atoms with Gasteiger partial charge in [0.05, 0.1) is 0 Å². The standard InChI is InChI=1S/C30H41NO.H2S/c1-27(2)14-15-28(3,4)24-17-20(9-11-22(24)27)13-16-31-26(32)21-10-12-23-25(18-21)30(7,8)19-29(23,5)6;/h9-12,17-18H,13-16,19H2,1-8H3,(H,31,32);1H2. The average molecular weight is 466 g/mol. The number of hydrogen-bond donors (Lipinski definition) is 1. The van der Waals surface area contributed by atoms with E-state index in [0.717, 1.165) is 18.4 Å². The molecule has 0 aliphatic heterocycles. The van der Waals surface area contributed by atoms with Crippen molar-refractivity contribution in [1.29, 1.82) is 0 Å². The zero-order valence-electron chi connectivity index (χ0n) is 21.9. The third kappa shape index (κ3) is 4.76. The van der Waals surface area contributed by atoms with E-state index in [1.807, 2.05) is 6.07 Å². The molecule has 0 radical (unpaired) electrons. The number of nitrogens with one attached hydrogen (secondary N) is 1. The largest absolute Gasteiger partial charge is 0.352 e. The number of carbonyl (C=O) groups excluding carboxylic acids is 1. The number of carbonyl (C=O) groups is 1. The highest BCUT2D eigenvalue weighted by Gasteiger charge is 2.42. The van der Waals surface area contributed by atoms with E-state index in [9.17, 15) is 4.79 Å². The molecular weight excluding hydrogens is 422 g/mol. The number of hydrogen-bond acceptors (Lipinski definition) is 1. The summed E-state index contributed by atoms with van der Waals surface area (Å²) in [5.41, 5.74) is 8.53. The first-order chi connectivity index (χ1) is 14.7. The molecule has 2 aliphatic carbocycles. The second-order valence-corrected chi connectivity index (χ2v) is 12.9. The van der Waals surface area contributed by atoms with Crippen LogP contribution in [0.4, 0.5) is 0 Å². The van der Waals surface area contributed by atoms with Crippen molar-refractivity contribution >= 4 is 19.4 Å². The van der Waals surface area contributed by atoms with Crippen LogP contribution in [0.1, 0.15) is 113 Å². The predicted octanol–water partition coefficient (Wildman–Crippen LogP) is 7.08. The van der Waals surface area contributed by atoms with Crippen LogP contribution in [0, 0.1) is 0 Å². The Bertz CT molecular complexity index is 1060. The Labute approximate surface area is 208 Å². The molecule has 2 aromatic rings. The summed E-state index contributed by atoms with van der Waals surface area (Å²) in [4.78, 5) is 12.9. The normalized spacial score (nSPS) is 20.8. The zero-order valence-corrected chi connectivity index (χ0v) is 22.9. The molecule has 0 saturated carbocycles. The second-order valence-electron chi connectivity index (χ2n) is 12.9. The van der Waals surface area contributed by atoms with E-state index in [4.69, 9.17) is 0 Å². The van der Waals surface area contributed by atoms with Gasteiger partial charge in [0.15, 0.2) is 0 Å². The first-order valence-electron chi connectivity index (χ1n) is 12.3. The molecular formula is C30H43NOS. The lowest BCUT2D eigenvalue weighted by molar-refractivity contribution is 0.0954. The molecule has 3 heteroatoms. The van der Waals surface area contributed by atoms with Crippen molar-refractivity contribution in [2.75, 3.05) is 6.54 Å². The van der Waals surface area contributed by atoms with Crippen LogP contribution in [0.25, 0.3) is 0 Å².